The van der Waals surface area contributed by atoms with Crippen molar-refractivity contribution in [3.8, 4) is 0 Å². The minimum Gasteiger partial charge on any atom is -0.477 e. The van der Waals surface area contributed by atoms with E-state index in [1.165, 1.54) is 25.7 Å². The average Bonchev–Trinajstić information content (AvgIpc) is 2.78. The molecule has 3 nitrogen and oxygen atoms in total. The van der Waals surface area contributed by atoms with Crippen molar-refractivity contribution in [3.63, 3.8) is 0 Å². The van der Waals surface area contributed by atoms with Crippen molar-refractivity contribution in [2.24, 2.45) is 0 Å². The number of hydrogen-bond donors (Lipinski definition) is 1. The normalized spacial score (nSPS) is 11.0. The summed E-state index contributed by atoms with van der Waals surface area (Å²) in [4.78, 5) is 11.3. The molecule has 0 atom stereocenters. The highest BCUT2D eigenvalue weighted by Gasteiger charge is 2.13. The minimum absolute atomic E-state index is 0.400. The monoisotopic (exact) mass is 259 g/mol. The molecule has 0 saturated heterocycles. The van der Waals surface area contributed by atoms with Gasteiger partial charge in [0.05, 0.1) is 0 Å². The van der Waals surface area contributed by atoms with E-state index in [0.29, 0.717) is 5.69 Å². The number of carboxylic acids is 1. The van der Waals surface area contributed by atoms with Gasteiger partial charge in [0.1, 0.15) is 5.69 Å². The number of fused-ring (bicyclic) bond motifs is 1. The van der Waals surface area contributed by atoms with Crippen molar-refractivity contribution >= 4 is 16.9 Å². The van der Waals surface area contributed by atoms with E-state index < -0.39 is 5.97 Å². The Morgan fingerprint density at radius 1 is 1.16 bits per heavy atom. The number of benzene rings is 1. The Bertz CT molecular complexity index is 557. The number of hydrogen-bond acceptors (Lipinski definition) is 1. The average molecular weight is 259 g/mol. The summed E-state index contributed by atoms with van der Waals surface area (Å²) in [6.07, 6.45) is 5.93. The fraction of sp³-hybridized carbons (Fsp3) is 0.438. The highest BCUT2D eigenvalue weighted by molar-refractivity contribution is 5.94. The molecule has 102 valence electrons. The van der Waals surface area contributed by atoms with Gasteiger partial charge in [0, 0.05) is 17.4 Å². The third-order valence-corrected chi connectivity index (χ3v) is 3.51. The molecule has 3 heteroatoms. The Balaban J connectivity index is 2.15. The molecule has 0 fully saturated rings. The van der Waals surface area contributed by atoms with Gasteiger partial charge in [0.15, 0.2) is 0 Å². The Morgan fingerprint density at radius 3 is 2.63 bits per heavy atom. The number of unbranched alkanes of at least 4 members (excludes halogenated alkanes) is 4. The molecule has 1 aromatic carbocycles. The van der Waals surface area contributed by atoms with Gasteiger partial charge in [-0.05, 0) is 18.6 Å². The fourth-order valence-corrected chi connectivity index (χ4v) is 2.50. The summed E-state index contributed by atoms with van der Waals surface area (Å²) in [7, 11) is 0. The summed E-state index contributed by atoms with van der Waals surface area (Å²) >= 11 is 0. The molecule has 19 heavy (non-hydrogen) atoms. The molecule has 0 aliphatic heterocycles. The zero-order valence-electron chi connectivity index (χ0n) is 11.4. The minimum atomic E-state index is -0.843. The van der Waals surface area contributed by atoms with E-state index in [1.807, 2.05) is 28.8 Å². The summed E-state index contributed by atoms with van der Waals surface area (Å²) in [5, 5.41) is 10.3. The Morgan fingerprint density at radius 2 is 1.89 bits per heavy atom. The molecular weight excluding hydrogens is 238 g/mol. The van der Waals surface area contributed by atoms with Crippen molar-refractivity contribution in [1.29, 1.82) is 0 Å². The van der Waals surface area contributed by atoms with E-state index in [1.54, 1.807) is 6.07 Å². The molecule has 0 aliphatic rings. The molecule has 0 bridgehead atoms. The molecule has 0 aliphatic carbocycles. The lowest BCUT2D eigenvalue weighted by molar-refractivity contribution is 0.0685. The highest BCUT2D eigenvalue weighted by atomic mass is 16.4. The number of carboxylic acid groups (broad SMARTS) is 1. The maximum atomic E-state index is 11.3. The van der Waals surface area contributed by atoms with Gasteiger partial charge in [0.2, 0.25) is 0 Å². The first-order chi connectivity index (χ1) is 9.24. The van der Waals surface area contributed by atoms with Crippen molar-refractivity contribution in [3.05, 3.63) is 36.0 Å². The van der Waals surface area contributed by atoms with Crippen LogP contribution in [0.5, 0.6) is 0 Å². The third-order valence-electron chi connectivity index (χ3n) is 3.51. The molecule has 0 saturated carbocycles. The molecule has 2 aromatic rings. The number of aryl methyl sites for hydroxylation is 1. The smallest absolute Gasteiger partial charge is 0.352 e. The quantitative estimate of drug-likeness (QED) is 0.753. The second-order valence-corrected chi connectivity index (χ2v) is 4.96. The third kappa shape index (κ3) is 3.16. The molecule has 1 N–H and O–H groups in total. The standard InChI is InChI=1S/C16H21NO2/c1-2-3-4-5-8-11-17-14-10-7-6-9-13(14)12-15(17)16(18)19/h6-7,9-10,12H,2-5,8,11H2,1H3,(H,18,19). The number of nitrogens with zero attached hydrogens (tertiary/aromatic N) is 1. The van der Waals surface area contributed by atoms with Gasteiger partial charge in [-0.25, -0.2) is 4.79 Å². The molecule has 2 rings (SSSR count). The lowest BCUT2D eigenvalue weighted by atomic mass is 10.1. The number of aromatic carboxylic acids is 1. The first-order valence-corrected chi connectivity index (χ1v) is 7.05. The van der Waals surface area contributed by atoms with E-state index in [9.17, 15) is 9.90 Å². The van der Waals surface area contributed by atoms with Crippen LogP contribution in [0.3, 0.4) is 0 Å². The highest BCUT2D eigenvalue weighted by Crippen LogP contribution is 2.21. The summed E-state index contributed by atoms with van der Waals surface area (Å²) in [6.45, 7) is 2.99. The van der Waals surface area contributed by atoms with Crippen LogP contribution in [0.2, 0.25) is 0 Å². The number of carbonyl (C=O) groups is 1. The maximum absolute atomic E-state index is 11.3. The van der Waals surface area contributed by atoms with Gasteiger partial charge in [-0.3, -0.25) is 0 Å². The summed E-state index contributed by atoms with van der Waals surface area (Å²) in [5.74, 6) is -0.843. The molecule has 0 amide bonds. The van der Waals surface area contributed by atoms with Gasteiger partial charge in [0.25, 0.3) is 0 Å². The lowest BCUT2D eigenvalue weighted by Gasteiger charge is -2.08. The summed E-state index contributed by atoms with van der Waals surface area (Å²) < 4.78 is 1.93. The molecule has 1 heterocycles. The Hall–Kier alpha value is -1.77. The van der Waals surface area contributed by atoms with Crippen molar-refractivity contribution in [2.45, 2.75) is 45.6 Å². The predicted molar refractivity (Wildman–Crippen MR) is 77.7 cm³/mol. The van der Waals surface area contributed by atoms with Crippen LogP contribution in [0.1, 0.15) is 49.5 Å². The van der Waals surface area contributed by atoms with E-state index >= 15 is 0 Å². The van der Waals surface area contributed by atoms with Gasteiger partial charge in [-0.2, -0.15) is 0 Å². The largest absolute Gasteiger partial charge is 0.477 e. The van der Waals surface area contributed by atoms with Crippen molar-refractivity contribution in [2.75, 3.05) is 0 Å². The number of aromatic nitrogens is 1. The zero-order valence-corrected chi connectivity index (χ0v) is 11.4. The predicted octanol–water partition coefficient (Wildman–Crippen LogP) is 4.31. The van der Waals surface area contributed by atoms with Crippen LogP contribution < -0.4 is 0 Å². The SMILES string of the molecule is CCCCCCCn1c(C(=O)O)cc2ccccc21. The molecule has 0 unspecified atom stereocenters. The van der Waals surface area contributed by atoms with Crippen LogP contribution in [-0.4, -0.2) is 15.6 Å². The molecule has 0 spiro atoms. The van der Waals surface area contributed by atoms with Crippen LogP contribution in [-0.2, 0) is 6.54 Å². The van der Waals surface area contributed by atoms with Crippen LogP contribution in [0, 0.1) is 0 Å². The van der Waals surface area contributed by atoms with Crippen LogP contribution >= 0.6 is 0 Å². The summed E-state index contributed by atoms with van der Waals surface area (Å²) in [6, 6.07) is 9.63. The lowest BCUT2D eigenvalue weighted by Crippen LogP contribution is -2.08. The number of rotatable bonds is 7. The van der Waals surface area contributed by atoms with Gasteiger partial charge in [-0.15, -0.1) is 0 Å². The Labute approximate surface area is 113 Å². The molecule has 1 aromatic heterocycles. The van der Waals surface area contributed by atoms with Crippen LogP contribution in [0.25, 0.3) is 10.9 Å². The van der Waals surface area contributed by atoms with E-state index in [4.69, 9.17) is 0 Å². The summed E-state index contributed by atoms with van der Waals surface area (Å²) in [5.41, 5.74) is 1.42. The first kappa shape index (κ1) is 13.7. The topological polar surface area (TPSA) is 42.2 Å². The van der Waals surface area contributed by atoms with E-state index in [-0.39, 0.29) is 0 Å². The maximum Gasteiger partial charge on any atom is 0.352 e. The zero-order chi connectivity index (χ0) is 13.7. The van der Waals surface area contributed by atoms with Gasteiger partial charge in [-0.1, -0.05) is 50.8 Å². The second kappa shape index (κ2) is 6.41. The fourth-order valence-electron chi connectivity index (χ4n) is 2.50. The van der Waals surface area contributed by atoms with Crippen LogP contribution in [0.4, 0.5) is 0 Å². The molecule has 0 radical (unpaired) electrons. The number of para-hydroxylation sites is 1. The van der Waals surface area contributed by atoms with Crippen molar-refractivity contribution < 1.29 is 9.90 Å². The first-order valence-electron chi connectivity index (χ1n) is 7.05. The molecular formula is C16H21NO2. The van der Waals surface area contributed by atoms with Crippen molar-refractivity contribution in [1.82, 2.24) is 4.57 Å². The van der Waals surface area contributed by atoms with E-state index in [0.717, 1.165) is 23.9 Å². The van der Waals surface area contributed by atoms with Gasteiger partial charge < -0.3 is 9.67 Å². The van der Waals surface area contributed by atoms with Crippen LogP contribution in [0.15, 0.2) is 30.3 Å². The second-order valence-electron chi connectivity index (χ2n) is 4.96. The Kier molecular flexibility index (Phi) is 4.61. The van der Waals surface area contributed by atoms with Gasteiger partial charge >= 0.3 is 5.97 Å². The van der Waals surface area contributed by atoms with E-state index in [2.05, 4.69) is 6.92 Å².